The zero-order valence-corrected chi connectivity index (χ0v) is 11.6. The molecule has 0 aromatic rings. The van der Waals surface area contributed by atoms with Crippen LogP contribution in [0.2, 0.25) is 0 Å². The third-order valence-electron chi connectivity index (χ3n) is 3.33. The maximum absolute atomic E-state index is 11.9. The third kappa shape index (κ3) is 5.16. The van der Waals surface area contributed by atoms with E-state index < -0.39 is 18.0 Å². The standard InChI is InChI=1S/C13H23NO5/c1-3-18-7-8-19-9(2)12(15)14-11-6-4-5-10(11)13(16)17/h9-11H,3-8H2,1-2H3,(H,14,15)(H,16,17)/t9?,10-,11+/m0/s1. The fraction of sp³-hybridized carbons (Fsp3) is 0.846. The maximum atomic E-state index is 11.9. The molecule has 6 nitrogen and oxygen atoms in total. The number of rotatable bonds is 8. The van der Waals surface area contributed by atoms with E-state index in [1.54, 1.807) is 6.92 Å². The minimum Gasteiger partial charge on any atom is -0.481 e. The Labute approximate surface area is 113 Å². The first kappa shape index (κ1) is 15.9. The molecule has 1 fully saturated rings. The second kappa shape index (κ2) is 8.12. The largest absolute Gasteiger partial charge is 0.481 e. The molecular formula is C13H23NO5. The van der Waals surface area contributed by atoms with E-state index in [-0.39, 0.29) is 11.9 Å². The van der Waals surface area contributed by atoms with E-state index in [0.29, 0.717) is 32.7 Å². The Kier molecular flexibility index (Phi) is 6.80. The lowest BCUT2D eigenvalue weighted by Crippen LogP contribution is -2.45. The molecule has 1 aliphatic carbocycles. The fourth-order valence-corrected chi connectivity index (χ4v) is 2.23. The van der Waals surface area contributed by atoms with Gasteiger partial charge in [-0.3, -0.25) is 9.59 Å². The van der Waals surface area contributed by atoms with Crippen molar-refractivity contribution in [2.75, 3.05) is 19.8 Å². The van der Waals surface area contributed by atoms with Gasteiger partial charge in [0.15, 0.2) is 0 Å². The second-order valence-corrected chi connectivity index (χ2v) is 4.70. The first-order valence-electron chi connectivity index (χ1n) is 6.78. The number of hydrogen-bond acceptors (Lipinski definition) is 4. The highest BCUT2D eigenvalue weighted by atomic mass is 16.5. The van der Waals surface area contributed by atoms with Crippen LogP contribution in [0.1, 0.15) is 33.1 Å². The first-order valence-corrected chi connectivity index (χ1v) is 6.78. The lowest BCUT2D eigenvalue weighted by molar-refractivity contribution is -0.143. The molecule has 1 aliphatic rings. The summed E-state index contributed by atoms with van der Waals surface area (Å²) in [7, 11) is 0. The highest BCUT2D eigenvalue weighted by Gasteiger charge is 2.34. The summed E-state index contributed by atoms with van der Waals surface area (Å²) in [5.74, 6) is -1.57. The summed E-state index contributed by atoms with van der Waals surface area (Å²) >= 11 is 0. The van der Waals surface area contributed by atoms with Gasteiger partial charge in [0.05, 0.1) is 19.1 Å². The molecule has 0 aromatic carbocycles. The van der Waals surface area contributed by atoms with Gasteiger partial charge in [0.25, 0.3) is 0 Å². The molecule has 1 saturated carbocycles. The van der Waals surface area contributed by atoms with Gasteiger partial charge in [0, 0.05) is 12.6 Å². The van der Waals surface area contributed by atoms with Crippen LogP contribution in [0.25, 0.3) is 0 Å². The SMILES string of the molecule is CCOCCOC(C)C(=O)N[C@@H]1CCC[C@@H]1C(=O)O. The van der Waals surface area contributed by atoms with E-state index in [1.807, 2.05) is 6.92 Å². The highest BCUT2D eigenvalue weighted by molar-refractivity contribution is 5.81. The smallest absolute Gasteiger partial charge is 0.308 e. The Morgan fingerprint density at radius 2 is 2.11 bits per heavy atom. The average Bonchev–Trinajstić information content (AvgIpc) is 2.82. The number of carbonyl (C=O) groups is 2. The van der Waals surface area contributed by atoms with Crippen LogP contribution in [0.4, 0.5) is 0 Å². The first-order chi connectivity index (χ1) is 9.06. The number of aliphatic carboxylic acids is 1. The molecule has 1 amide bonds. The number of amides is 1. The second-order valence-electron chi connectivity index (χ2n) is 4.70. The molecule has 0 bridgehead atoms. The number of hydrogen-bond donors (Lipinski definition) is 2. The van der Waals surface area contributed by atoms with Gasteiger partial charge in [-0.05, 0) is 26.7 Å². The molecule has 1 unspecified atom stereocenters. The minimum absolute atomic E-state index is 0.255. The van der Waals surface area contributed by atoms with Crippen molar-refractivity contribution >= 4 is 11.9 Å². The Bertz CT molecular complexity index is 307. The van der Waals surface area contributed by atoms with Crippen molar-refractivity contribution < 1.29 is 24.2 Å². The maximum Gasteiger partial charge on any atom is 0.308 e. The van der Waals surface area contributed by atoms with Crippen molar-refractivity contribution in [3.8, 4) is 0 Å². The predicted octanol–water partition coefficient (Wildman–Crippen LogP) is 0.798. The molecule has 110 valence electrons. The molecule has 3 atom stereocenters. The van der Waals surface area contributed by atoms with Crippen LogP contribution in [0, 0.1) is 5.92 Å². The lowest BCUT2D eigenvalue weighted by atomic mass is 10.0. The van der Waals surface area contributed by atoms with Crippen LogP contribution >= 0.6 is 0 Å². The number of nitrogens with one attached hydrogen (secondary N) is 1. The van der Waals surface area contributed by atoms with Gasteiger partial charge in [-0.1, -0.05) is 6.42 Å². The number of carboxylic acid groups (broad SMARTS) is 1. The quantitative estimate of drug-likeness (QED) is 0.639. The third-order valence-corrected chi connectivity index (χ3v) is 3.33. The molecular weight excluding hydrogens is 250 g/mol. The normalized spacial score (nSPS) is 24.1. The zero-order valence-electron chi connectivity index (χ0n) is 11.6. The highest BCUT2D eigenvalue weighted by Crippen LogP contribution is 2.25. The van der Waals surface area contributed by atoms with Crippen molar-refractivity contribution in [1.82, 2.24) is 5.32 Å². The minimum atomic E-state index is -0.840. The van der Waals surface area contributed by atoms with Crippen molar-refractivity contribution in [3.63, 3.8) is 0 Å². The van der Waals surface area contributed by atoms with Crippen LogP contribution < -0.4 is 5.32 Å². The van der Waals surface area contributed by atoms with Gasteiger partial charge in [-0.25, -0.2) is 0 Å². The topological polar surface area (TPSA) is 84.9 Å². The van der Waals surface area contributed by atoms with Crippen molar-refractivity contribution in [1.29, 1.82) is 0 Å². The summed E-state index contributed by atoms with van der Waals surface area (Å²) < 4.78 is 10.4. The van der Waals surface area contributed by atoms with E-state index in [1.165, 1.54) is 0 Å². The monoisotopic (exact) mass is 273 g/mol. The molecule has 0 radical (unpaired) electrons. The summed E-state index contributed by atoms with van der Waals surface area (Å²) in [6.07, 6.45) is 1.59. The molecule has 0 aromatic heterocycles. The molecule has 6 heteroatoms. The number of carbonyl (C=O) groups excluding carboxylic acids is 1. The summed E-state index contributed by atoms with van der Waals surface area (Å²) in [6.45, 7) is 4.98. The Hall–Kier alpha value is -1.14. The molecule has 1 rings (SSSR count). The van der Waals surface area contributed by atoms with Gasteiger partial charge < -0.3 is 19.9 Å². The van der Waals surface area contributed by atoms with Crippen LogP contribution in [-0.2, 0) is 19.1 Å². The molecule has 0 aliphatic heterocycles. The van der Waals surface area contributed by atoms with Gasteiger partial charge in [-0.2, -0.15) is 0 Å². The van der Waals surface area contributed by atoms with Crippen LogP contribution in [0.15, 0.2) is 0 Å². The van der Waals surface area contributed by atoms with E-state index in [2.05, 4.69) is 5.32 Å². The zero-order chi connectivity index (χ0) is 14.3. The van der Waals surface area contributed by atoms with E-state index in [0.717, 1.165) is 6.42 Å². The number of carboxylic acids is 1. The van der Waals surface area contributed by atoms with Crippen LogP contribution in [0.5, 0.6) is 0 Å². The van der Waals surface area contributed by atoms with Crippen molar-refractivity contribution in [2.45, 2.75) is 45.3 Å². The Balaban J connectivity index is 2.31. The summed E-state index contributed by atoms with van der Waals surface area (Å²) in [5, 5.41) is 11.8. The lowest BCUT2D eigenvalue weighted by Gasteiger charge is -2.20. The Morgan fingerprint density at radius 1 is 1.37 bits per heavy atom. The van der Waals surface area contributed by atoms with Gasteiger partial charge >= 0.3 is 5.97 Å². The van der Waals surface area contributed by atoms with E-state index >= 15 is 0 Å². The molecule has 19 heavy (non-hydrogen) atoms. The van der Waals surface area contributed by atoms with E-state index in [9.17, 15) is 9.59 Å². The predicted molar refractivity (Wildman–Crippen MR) is 68.8 cm³/mol. The van der Waals surface area contributed by atoms with E-state index in [4.69, 9.17) is 14.6 Å². The molecule has 0 saturated heterocycles. The van der Waals surface area contributed by atoms with Crippen LogP contribution in [0.3, 0.4) is 0 Å². The molecule has 0 spiro atoms. The van der Waals surface area contributed by atoms with Gasteiger partial charge in [0.1, 0.15) is 6.10 Å². The van der Waals surface area contributed by atoms with Crippen LogP contribution in [-0.4, -0.2) is 48.9 Å². The molecule has 0 heterocycles. The van der Waals surface area contributed by atoms with Gasteiger partial charge in [-0.15, -0.1) is 0 Å². The van der Waals surface area contributed by atoms with Crippen molar-refractivity contribution in [3.05, 3.63) is 0 Å². The summed E-state index contributed by atoms with van der Waals surface area (Å²) in [5.41, 5.74) is 0. The number of ether oxygens (including phenoxy) is 2. The molecule has 2 N–H and O–H groups in total. The van der Waals surface area contributed by atoms with Gasteiger partial charge in [0.2, 0.25) is 5.91 Å². The summed E-state index contributed by atoms with van der Waals surface area (Å²) in [6, 6.07) is -0.275. The Morgan fingerprint density at radius 3 is 2.74 bits per heavy atom. The van der Waals surface area contributed by atoms with Crippen molar-refractivity contribution in [2.24, 2.45) is 5.92 Å². The average molecular weight is 273 g/mol. The fourth-order valence-electron chi connectivity index (χ4n) is 2.23. The summed E-state index contributed by atoms with van der Waals surface area (Å²) in [4.78, 5) is 22.9.